The van der Waals surface area contributed by atoms with Gasteiger partial charge in [0.2, 0.25) is 0 Å². The molecule has 5 nitrogen and oxygen atoms in total. The summed E-state index contributed by atoms with van der Waals surface area (Å²) in [7, 11) is 0. The van der Waals surface area contributed by atoms with Crippen molar-refractivity contribution in [1.82, 2.24) is 20.2 Å². The number of nitrogens with one attached hydrogen (secondary N) is 1. The molecule has 0 radical (unpaired) electrons. The van der Waals surface area contributed by atoms with Crippen molar-refractivity contribution < 1.29 is 4.39 Å². The van der Waals surface area contributed by atoms with E-state index in [1.54, 1.807) is 18.3 Å². The van der Waals surface area contributed by atoms with Crippen LogP contribution >= 0.6 is 0 Å². The first kappa shape index (κ1) is 24.4. The average Bonchev–Trinajstić information content (AvgIpc) is 3.61. The predicted molar refractivity (Wildman–Crippen MR) is 149 cm³/mol. The van der Waals surface area contributed by atoms with Gasteiger partial charge in [-0.05, 0) is 72.9 Å². The highest BCUT2D eigenvalue weighted by Gasteiger charge is 2.14. The second-order valence-electron chi connectivity index (χ2n) is 9.33. The van der Waals surface area contributed by atoms with Gasteiger partial charge in [-0.3, -0.25) is 15.1 Å². The molecule has 4 heterocycles. The number of hydrogen-bond acceptors (Lipinski definition) is 4. The van der Waals surface area contributed by atoms with Gasteiger partial charge in [-0.1, -0.05) is 36.9 Å². The van der Waals surface area contributed by atoms with E-state index in [0.29, 0.717) is 12.0 Å². The maximum Gasteiger partial charge on any atom is 0.126 e. The Bertz CT molecular complexity index is 1500. The zero-order chi connectivity index (χ0) is 25.6. The zero-order valence-electron chi connectivity index (χ0n) is 21.0. The minimum Gasteiger partial charge on any atom is -0.370 e. The van der Waals surface area contributed by atoms with Gasteiger partial charge in [0.05, 0.1) is 23.1 Å². The van der Waals surface area contributed by atoms with E-state index in [2.05, 4.69) is 55.9 Å². The largest absolute Gasteiger partial charge is 0.370 e. The molecule has 3 aromatic heterocycles. The highest BCUT2D eigenvalue weighted by atomic mass is 19.1. The van der Waals surface area contributed by atoms with Gasteiger partial charge >= 0.3 is 0 Å². The number of aromatic amines is 1. The Hall–Kier alpha value is -4.32. The number of anilines is 1. The van der Waals surface area contributed by atoms with Crippen LogP contribution in [0.25, 0.3) is 27.6 Å². The molecule has 37 heavy (non-hydrogen) atoms. The summed E-state index contributed by atoms with van der Waals surface area (Å²) in [4.78, 5) is 11.0. The SMILES string of the molecule is C=C(C)c1n[nH]c2ccc(-c3cncc(N4CCCC4)c3)cc12.Fc1ccccc1Cc1ccccn1. The van der Waals surface area contributed by atoms with E-state index in [0.717, 1.165) is 52.1 Å². The van der Waals surface area contributed by atoms with Crippen LogP contribution < -0.4 is 4.90 Å². The monoisotopic (exact) mass is 491 g/mol. The van der Waals surface area contributed by atoms with Gasteiger partial charge in [-0.15, -0.1) is 0 Å². The smallest absolute Gasteiger partial charge is 0.126 e. The van der Waals surface area contributed by atoms with Crippen molar-refractivity contribution in [2.75, 3.05) is 18.0 Å². The zero-order valence-corrected chi connectivity index (χ0v) is 21.0. The third kappa shape index (κ3) is 5.75. The number of hydrogen-bond donors (Lipinski definition) is 1. The molecule has 0 aliphatic carbocycles. The second-order valence-corrected chi connectivity index (χ2v) is 9.33. The van der Waals surface area contributed by atoms with E-state index in [9.17, 15) is 4.39 Å². The van der Waals surface area contributed by atoms with Gasteiger partial charge in [0.1, 0.15) is 5.82 Å². The topological polar surface area (TPSA) is 57.7 Å². The van der Waals surface area contributed by atoms with E-state index in [4.69, 9.17) is 0 Å². The maximum absolute atomic E-state index is 13.2. The molecular formula is C31H30FN5. The fraction of sp³-hybridized carbons (Fsp3) is 0.194. The normalized spacial score (nSPS) is 12.9. The highest BCUT2D eigenvalue weighted by molar-refractivity contribution is 5.92. The second kappa shape index (κ2) is 11.2. The average molecular weight is 492 g/mol. The highest BCUT2D eigenvalue weighted by Crippen LogP contribution is 2.30. The molecule has 0 bridgehead atoms. The lowest BCUT2D eigenvalue weighted by molar-refractivity contribution is 0.613. The first-order valence-corrected chi connectivity index (χ1v) is 12.6. The fourth-order valence-electron chi connectivity index (χ4n) is 4.59. The molecule has 0 spiro atoms. The van der Waals surface area contributed by atoms with Crippen molar-refractivity contribution in [2.24, 2.45) is 0 Å². The number of benzene rings is 2. The Balaban J connectivity index is 0.000000171. The lowest BCUT2D eigenvalue weighted by atomic mass is 10.0. The standard InChI is InChI=1S/C19H20N4.C12H10FN/c1-13(2)19-17-10-14(5-6-18(17)21-22-19)15-9-16(12-20-11-15)23-7-3-4-8-23;13-12-7-2-1-5-10(12)9-11-6-3-4-8-14-11/h5-6,9-12H,1,3-4,7-8H2,2H3,(H,21,22);1-8H,9H2. The van der Waals surface area contributed by atoms with Crippen molar-refractivity contribution >= 4 is 22.2 Å². The van der Waals surface area contributed by atoms with Gasteiger partial charge in [0.15, 0.2) is 0 Å². The lowest BCUT2D eigenvalue weighted by Gasteiger charge is -2.17. The molecule has 6 rings (SSSR count). The quantitative estimate of drug-likeness (QED) is 0.286. The summed E-state index contributed by atoms with van der Waals surface area (Å²) in [5, 5.41) is 8.54. The summed E-state index contributed by atoms with van der Waals surface area (Å²) in [6.07, 6.45) is 8.70. The van der Waals surface area contributed by atoms with Gasteiger partial charge < -0.3 is 4.90 Å². The molecule has 0 unspecified atom stereocenters. The maximum atomic E-state index is 13.2. The van der Waals surface area contributed by atoms with Gasteiger partial charge in [-0.25, -0.2) is 4.39 Å². The van der Waals surface area contributed by atoms with E-state index < -0.39 is 0 Å². The number of allylic oxidation sites excluding steroid dienone is 1. The van der Waals surface area contributed by atoms with Crippen LogP contribution in [-0.2, 0) is 6.42 Å². The molecule has 1 saturated heterocycles. The molecular weight excluding hydrogens is 461 g/mol. The minimum atomic E-state index is -0.168. The molecule has 5 aromatic rings. The van der Waals surface area contributed by atoms with E-state index in [1.807, 2.05) is 43.6 Å². The Morgan fingerprint density at radius 3 is 2.54 bits per heavy atom. The lowest BCUT2D eigenvalue weighted by Crippen LogP contribution is -2.17. The van der Waals surface area contributed by atoms with Crippen LogP contribution in [0.2, 0.25) is 0 Å². The van der Waals surface area contributed by atoms with Crippen LogP contribution in [0.1, 0.15) is 36.7 Å². The number of halogens is 1. The first-order valence-electron chi connectivity index (χ1n) is 12.6. The van der Waals surface area contributed by atoms with Crippen LogP contribution in [0.5, 0.6) is 0 Å². The predicted octanol–water partition coefficient (Wildman–Crippen LogP) is 7.07. The molecule has 0 atom stereocenters. The summed E-state index contributed by atoms with van der Waals surface area (Å²) < 4.78 is 13.2. The number of rotatable bonds is 5. The van der Waals surface area contributed by atoms with Crippen molar-refractivity contribution in [3.63, 3.8) is 0 Å². The van der Waals surface area contributed by atoms with Crippen LogP contribution in [0.3, 0.4) is 0 Å². The Morgan fingerprint density at radius 2 is 1.78 bits per heavy atom. The molecule has 1 aliphatic heterocycles. The summed E-state index contributed by atoms with van der Waals surface area (Å²) in [5.41, 5.74) is 8.04. The number of pyridine rings is 2. The number of fused-ring (bicyclic) bond motifs is 1. The summed E-state index contributed by atoms with van der Waals surface area (Å²) in [6.45, 7) is 8.26. The summed E-state index contributed by atoms with van der Waals surface area (Å²) in [5.74, 6) is -0.168. The number of nitrogens with zero attached hydrogens (tertiary/aromatic N) is 4. The Morgan fingerprint density at radius 1 is 0.973 bits per heavy atom. The third-order valence-corrected chi connectivity index (χ3v) is 6.55. The van der Waals surface area contributed by atoms with Crippen molar-refractivity contribution in [3.8, 4) is 11.1 Å². The van der Waals surface area contributed by atoms with Gasteiger partial charge in [0, 0.05) is 48.5 Å². The van der Waals surface area contributed by atoms with Crippen molar-refractivity contribution in [3.05, 3.63) is 115 Å². The van der Waals surface area contributed by atoms with E-state index >= 15 is 0 Å². The molecule has 6 heteroatoms. The number of aromatic nitrogens is 4. The molecule has 186 valence electrons. The number of H-pyrrole nitrogens is 1. The van der Waals surface area contributed by atoms with Crippen LogP contribution in [0, 0.1) is 5.82 Å². The minimum absolute atomic E-state index is 0.168. The van der Waals surface area contributed by atoms with E-state index in [-0.39, 0.29) is 5.82 Å². The Kier molecular flexibility index (Phi) is 7.36. The van der Waals surface area contributed by atoms with Crippen LogP contribution in [-0.4, -0.2) is 33.3 Å². The molecule has 0 saturated carbocycles. The molecule has 1 N–H and O–H groups in total. The van der Waals surface area contributed by atoms with Crippen LogP contribution in [0.15, 0.2) is 91.9 Å². The molecule has 0 amide bonds. The molecule has 2 aromatic carbocycles. The van der Waals surface area contributed by atoms with E-state index in [1.165, 1.54) is 24.6 Å². The van der Waals surface area contributed by atoms with Crippen LogP contribution in [0.4, 0.5) is 10.1 Å². The third-order valence-electron chi connectivity index (χ3n) is 6.55. The summed E-state index contributed by atoms with van der Waals surface area (Å²) in [6, 6.07) is 21.0. The Labute approximate surface area is 216 Å². The summed E-state index contributed by atoms with van der Waals surface area (Å²) >= 11 is 0. The molecule has 1 fully saturated rings. The van der Waals surface area contributed by atoms with Crippen molar-refractivity contribution in [2.45, 2.75) is 26.2 Å². The molecule has 1 aliphatic rings. The van der Waals surface area contributed by atoms with Crippen molar-refractivity contribution in [1.29, 1.82) is 0 Å². The van der Waals surface area contributed by atoms with Gasteiger partial charge in [0.25, 0.3) is 0 Å². The fourth-order valence-corrected chi connectivity index (χ4v) is 4.59. The van der Waals surface area contributed by atoms with Gasteiger partial charge in [-0.2, -0.15) is 5.10 Å². The first-order chi connectivity index (χ1) is 18.1.